The van der Waals surface area contributed by atoms with Crippen LogP contribution in [0.25, 0.3) is 0 Å². The van der Waals surface area contributed by atoms with E-state index >= 15 is 0 Å². The number of aliphatic hydroxyl groups excluding tert-OH is 1. The molecule has 0 spiro atoms. The van der Waals surface area contributed by atoms with Crippen molar-refractivity contribution in [2.75, 3.05) is 25.6 Å². The van der Waals surface area contributed by atoms with E-state index < -0.39 is 11.0 Å². The van der Waals surface area contributed by atoms with E-state index in [0.717, 1.165) is 0 Å². The van der Waals surface area contributed by atoms with Crippen molar-refractivity contribution >= 4 is 23.5 Å². The van der Waals surface area contributed by atoms with Gasteiger partial charge in [0.2, 0.25) is 0 Å². The Bertz CT molecular complexity index is 522. The normalized spacial score (nSPS) is 18.0. The summed E-state index contributed by atoms with van der Waals surface area (Å²) < 4.78 is 10.6. The van der Waals surface area contributed by atoms with E-state index in [0.29, 0.717) is 25.3 Å². The lowest BCUT2D eigenvalue weighted by molar-refractivity contribution is -0.384. The summed E-state index contributed by atoms with van der Waals surface area (Å²) in [6, 6.07) is 5.84. The highest BCUT2D eigenvalue weighted by Gasteiger charge is 2.25. The van der Waals surface area contributed by atoms with E-state index in [9.17, 15) is 14.9 Å². The van der Waals surface area contributed by atoms with Gasteiger partial charge in [0.15, 0.2) is 0 Å². The van der Waals surface area contributed by atoms with Gasteiger partial charge in [-0.3, -0.25) is 10.1 Å². The lowest BCUT2D eigenvalue weighted by Gasteiger charge is -2.31. The second-order valence-corrected chi connectivity index (χ2v) is 5.64. The molecule has 1 unspecified atom stereocenters. The van der Waals surface area contributed by atoms with Crippen molar-refractivity contribution in [3.8, 4) is 0 Å². The number of nitrogens with zero attached hydrogens (tertiary/aromatic N) is 2. The highest BCUT2D eigenvalue weighted by molar-refractivity contribution is 7.99. The van der Waals surface area contributed by atoms with Crippen LogP contribution in [-0.4, -0.2) is 52.1 Å². The summed E-state index contributed by atoms with van der Waals surface area (Å²) in [4.78, 5) is 23.5. The van der Waals surface area contributed by atoms with Gasteiger partial charge in [0.05, 0.1) is 24.0 Å². The molecule has 1 heterocycles. The van der Waals surface area contributed by atoms with Crippen LogP contribution in [0.3, 0.4) is 0 Å². The molecule has 1 atom stereocenters. The van der Waals surface area contributed by atoms with Crippen molar-refractivity contribution in [2.24, 2.45) is 0 Å². The van der Waals surface area contributed by atoms with Gasteiger partial charge in [0.25, 0.3) is 5.69 Å². The summed E-state index contributed by atoms with van der Waals surface area (Å²) in [5.41, 5.74) is 0.409. The molecule has 1 fully saturated rings. The Morgan fingerprint density at radius 3 is 2.86 bits per heavy atom. The Kier molecular flexibility index (Phi) is 5.99. The highest BCUT2D eigenvalue weighted by Crippen LogP contribution is 2.18. The maximum atomic E-state index is 12.0. The zero-order valence-electron chi connectivity index (χ0n) is 11.7. The maximum Gasteiger partial charge on any atom is 0.410 e. The predicted octanol–water partition coefficient (Wildman–Crippen LogP) is 1.57. The van der Waals surface area contributed by atoms with E-state index in [1.165, 1.54) is 28.8 Å². The number of benzene rings is 1. The highest BCUT2D eigenvalue weighted by atomic mass is 32.2. The molecule has 0 bridgehead atoms. The Morgan fingerprint density at radius 1 is 1.50 bits per heavy atom. The quantitative estimate of drug-likeness (QED) is 0.497. The molecule has 0 aromatic heterocycles. The molecule has 1 N–H and O–H groups in total. The number of carbonyl (C=O) groups is 1. The molecule has 120 valence electrons. The van der Waals surface area contributed by atoms with Crippen LogP contribution < -0.4 is 0 Å². The number of ether oxygens (including phenoxy) is 2. The summed E-state index contributed by atoms with van der Waals surface area (Å²) in [6.07, 6.45) is -0.467. The number of non-ortho nitro benzene ring substituents is 1. The lowest BCUT2D eigenvalue weighted by atomic mass is 10.2. The van der Waals surface area contributed by atoms with Gasteiger partial charge in [-0.1, -0.05) is 0 Å². The molecular formula is C13H16N2O6S. The number of nitro benzene ring substituents is 1. The minimum Gasteiger partial charge on any atom is -0.445 e. The first-order valence-electron chi connectivity index (χ1n) is 6.59. The standard InChI is InChI=1S/C13H16N2O6S/c16-9-22-12-7-14(5-6-20-12)13(17)21-8-10-1-3-11(4-2-10)15(18)19/h1-4,12,16H,5-9H2. The van der Waals surface area contributed by atoms with E-state index in [1.54, 1.807) is 12.1 Å². The van der Waals surface area contributed by atoms with Gasteiger partial charge in [-0.05, 0) is 17.7 Å². The van der Waals surface area contributed by atoms with Crippen molar-refractivity contribution in [3.63, 3.8) is 0 Å². The summed E-state index contributed by atoms with van der Waals surface area (Å²) in [7, 11) is 0. The first-order chi connectivity index (χ1) is 10.6. The number of hydrogen-bond donors (Lipinski definition) is 1. The Balaban J connectivity index is 1.83. The lowest BCUT2D eigenvalue weighted by Crippen LogP contribution is -2.44. The molecule has 1 aliphatic rings. The van der Waals surface area contributed by atoms with Crippen LogP contribution in [0.15, 0.2) is 24.3 Å². The fourth-order valence-corrected chi connectivity index (χ4v) is 2.56. The molecule has 1 aromatic rings. The van der Waals surface area contributed by atoms with Gasteiger partial charge in [0, 0.05) is 18.7 Å². The fourth-order valence-electron chi connectivity index (χ4n) is 1.92. The summed E-state index contributed by atoms with van der Waals surface area (Å²) in [5.74, 6) is -0.0731. The van der Waals surface area contributed by atoms with Gasteiger partial charge in [0.1, 0.15) is 12.0 Å². The molecule has 1 amide bonds. The zero-order valence-corrected chi connectivity index (χ0v) is 12.5. The van der Waals surface area contributed by atoms with Crippen molar-refractivity contribution in [1.29, 1.82) is 0 Å². The number of morpholine rings is 1. The van der Waals surface area contributed by atoms with E-state index in [-0.39, 0.29) is 23.7 Å². The van der Waals surface area contributed by atoms with Crippen molar-refractivity contribution in [3.05, 3.63) is 39.9 Å². The molecule has 2 rings (SSSR count). The fraction of sp³-hybridized carbons (Fsp3) is 0.462. The number of hydrogen-bond acceptors (Lipinski definition) is 7. The smallest absolute Gasteiger partial charge is 0.410 e. The molecule has 1 aliphatic heterocycles. The number of thioether (sulfide) groups is 1. The van der Waals surface area contributed by atoms with Crippen LogP contribution >= 0.6 is 11.8 Å². The molecule has 0 aliphatic carbocycles. The topological polar surface area (TPSA) is 102 Å². The average molecular weight is 328 g/mol. The third kappa shape index (κ3) is 4.58. The first kappa shape index (κ1) is 16.5. The third-order valence-corrected chi connectivity index (χ3v) is 3.87. The summed E-state index contributed by atoms with van der Waals surface area (Å²) >= 11 is 1.21. The van der Waals surface area contributed by atoms with Crippen LogP contribution in [0, 0.1) is 10.1 Å². The van der Waals surface area contributed by atoms with E-state index in [1.807, 2.05) is 0 Å². The molecule has 8 nitrogen and oxygen atoms in total. The van der Waals surface area contributed by atoms with Gasteiger partial charge < -0.3 is 19.5 Å². The Labute approximate surface area is 131 Å². The van der Waals surface area contributed by atoms with E-state index in [4.69, 9.17) is 14.6 Å². The van der Waals surface area contributed by atoms with Crippen LogP contribution in [0.2, 0.25) is 0 Å². The van der Waals surface area contributed by atoms with Crippen LogP contribution in [0.5, 0.6) is 0 Å². The van der Waals surface area contributed by atoms with Crippen molar-refractivity contribution < 1.29 is 24.3 Å². The summed E-state index contributed by atoms with van der Waals surface area (Å²) in [5, 5.41) is 19.4. The second-order valence-electron chi connectivity index (χ2n) is 4.52. The minimum atomic E-state index is -0.484. The van der Waals surface area contributed by atoms with Gasteiger partial charge in [-0.2, -0.15) is 0 Å². The largest absolute Gasteiger partial charge is 0.445 e. The van der Waals surface area contributed by atoms with Crippen LogP contribution in [0.1, 0.15) is 5.56 Å². The molecule has 1 saturated heterocycles. The molecular weight excluding hydrogens is 312 g/mol. The number of amides is 1. The monoisotopic (exact) mass is 328 g/mol. The second kappa shape index (κ2) is 7.97. The minimum absolute atomic E-state index is 0.00729. The zero-order chi connectivity index (χ0) is 15.9. The number of nitro groups is 1. The molecule has 9 heteroatoms. The van der Waals surface area contributed by atoms with Gasteiger partial charge in [-0.25, -0.2) is 4.79 Å². The predicted molar refractivity (Wildman–Crippen MR) is 79.3 cm³/mol. The van der Waals surface area contributed by atoms with Crippen molar-refractivity contribution in [1.82, 2.24) is 4.90 Å². The van der Waals surface area contributed by atoms with Crippen LogP contribution in [0.4, 0.5) is 10.5 Å². The Morgan fingerprint density at radius 2 is 2.23 bits per heavy atom. The van der Waals surface area contributed by atoms with Crippen LogP contribution in [-0.2, 0) is 16.1 Å². The average Bonchev–Trinajstić information content (AvgIpc) is 2.53. The van der Waals surface area contributed by atoms with Gasteiger partial charge in [-0.15, -0.1) is 11.8 Å². The first-order valence-corrected chi connectivity index (χ1v) is 7.64. The SMILES string of the molecule is O=C(OCc1ccc([N+](=O)[O-])cc1)N1CCOC(SCO)C1. The number of rotatable bonds is 5. The van der Waals surface area contributed by atoms with Gasteiger partial charge >= 0.3 is 6.09 Å². The number of aliphatic hydroxyl groups is 1. The molecule has 22 heavy (non-hydrogen) atoms. The number of carbonyl (C=O) groups excluding carboxylic acids is 1. The third-order valence-electron chi connectivity index (χ3n) is 3.06. The van der Waals surface area contributed by atoms with Crippen molar-refractivity contribution in [2.45, 2.75) is 12.0 Å². The molecule has 0 radical (unpaired) electrons. The van der Waals surface area contributed by atoms with E-state index in [2.05, 4.69) is 0 Å². The summed E-state index contributed by atoms with van der Waals surface area (Å²) in [6.45, 7) is 1.22. The molecule has 1 aromatic carbocycles. The Hall–Kier alpha value is -1.84. The maximum absolute atomic E-state index is 12.0. The molecule has 0 saturated carbocycles.